The van der Waals surface area contributed by atoms with Gasteiger partial charge in [-0.2, -0.15) is 0 Å². The zero-order valence-corrected chi connectivity index (χ0v) is 18.1. The lowest BCUT2D eigenvalue weighted by Crippen LogP contribution is -2.42. The van der Waals surface area contributed by atoms with Crippen LogP contribution in [0.4, 0.5) is 0 Å². The van der Waals surface area contributed by atoms with Crippen LogP contribution in [0.1, 0.15) is 35.7 Å². The van der Waals surface area contributed by atoms with Crippen molar-refractivity contribution < 1.29 is 4.74 Å². The van der Waals surface area contributed by atoms with Crippen molar-refractivity contribution in [3.05, 3.63) is 58.3 Å². The molecule has 2 fully saturated rings. The highest BCUT2D eigenvalue weighted by Crippen LogP contribution is 2.28. The van der Waals surface area contributed by atoms with Crippen molar-refractivity contribution >= 4 is 17.3 Å². The maximum Gasteiger partial charge on any atom is 0.194 e. The Kier molecular flexibility index (Phi) is 7.19. The largest absolute Gasteiger partial charge is 0.379 e. The summed E-state index contributed by atoms with van der Waals surface area (Å²) < 4.78 is 5.57. The number of hydrogen-bond acceptors (Lipinski definition) is 4. The number of benzene rings is 1. The standard InChI is InChI=1S/C23H32N4OS/c1-2-24-23(27-11-10-20(18-27)19-7-4-3-5-8-19)25-17-21(22-9-6-16-29-22)26-12-14-28-15-13-26/h3-9,16,20-21H,2,10-15,17-18H2,1H3,(H,24,25). The maximum absolute atomic E-state index is 5.57. The van der Waals surface area contributed by atoms with Gasteiger partial charge in [-0.3, -0.25) is 9.89 Å². The number of hydrogen-bond donors (Lipinski definition) is 1. The van der Waals surface area contributed by atoms with E-state index in [2.05, 4.69) is 69.9 Å². The third-order valence-corrected chi connectivity index (χ3v) is 6.84. The molecule has 3 heterocycles. The predicted octanol–water partition coefficient (Wildman–Crippen LogP) is 3.58. The summed E-state index contributed by atoms with van der Waals surface area (Å²) in [7, 11) is 0. The fraction of sp³-hybridized carbons (Fsp3) is 0.522. The molecule has 2 saturated heterocycles. The van der Waals surface area contributed by atoms with Gasteiger partial charge in [0.15, 0.2) is 5.96 Å². The molecule has 0 aliphatic carbocycles. The lowest BCUT2D eigenvalue weighted by molar-refractivity contribution is 0.0186. The average molecular weight is 413 g/mol. The van der Waals surface area contributed by atoms with E-state index in [1.165, 1.54) is 16.9 Å². The van der Waals surface area contributed by atoms with E-state index in [0.717, 1.165) is 58.4 Å². The predicted molar refractivity (Wildman–Crippen MR) is 121 cm³/mol. The van der Waals surface area contributed by atoms with Gasteiger partial charge in [-0.05, 0) is 30.4 Å². The summed E-state index contributed by atoms with van der Waals surface area (Å²) in [5.74, 6) is 1.65. The zero-order valence-electron chi connectivity index (χ0n) is 17.3. The molecular weight excluding hydrogens is 380 g/mol. The summed E-state index contributed by atoms with van der Waals surface area (Å²) in [6, 6.07) is 15.6. The van der Waals surface area contributed by atoms with Gasteiger partial charge in [-0.1, -0.05) is 36.4 Å². The number of rotatable bonds is 6. The van der Waals surface area contributed by atoms with E-state index in [1.807, 2.05) is 11.3 Å². The van der Waals surface area contributed by atoms with Crippen LogP contribution in [-0.4, -0.2) is 68.2 Å². The fourth-order valence-corrected chi connectivity index (χ4v) is 5.16. The molecule has 0 spiro atoms. The van der Waals surface area contributed by atoms with E-state index in [9.17, 15) is 0 Å². The van der Waals surface area contributed by atoms with Gasteiger partial charge in [0.1, 0.15) is 0 Å². The van der Waals surface area contributed by atoms with Crippen LogP contribution in [0.3, 0.4) is 0 Å². The number of morpholine rings is 1. The molecule has 0 bridgehead atoms. The molecule has 0 saturated carbocycles. The van der Waals surface area contributed by atoms with E-state index in [-0.39, 0.29) is 0 Å². The number of aliphatic imine (C=N–C) groups is 1. The monoisotopic (exact) mass is 412 g/mol. The first-order valence-corrected chi connectivity index (χ1v) is 11.7. The summed E-state index contributed by atoms with van der Waals surface area (Å²) in [6.07, 6.45) is 1.19. The number of nitrogens with one attached hydrogen (secondary N) is 1. The first kappa shape index (κ1) is 20.4. The lowest BCUT2D eigenvalue weighted by Gasteiger charge is -2.33. The van der Waals surface area contributed by atoms with Gasteiger partial charge in [0.2, 0.25) is 0 Å². The Morgan fingerprint density at radius 2 is 2.00 bits per heavy atom. The molecule has 1 N–H and O–H groups in total. The molecule has 4 rings (SSSR count). The van der Waals surface area contributed by atoms with Crippen molar-refractivity contribution in [3.63, 3.8) is 0 Å². The highest BCUT2D eigenvalue weighted by molar-refractivity contribution is 7.10. The van der Waals surface area contributed by atoms with Crippen molar-refractivity contribution in [1.82, 2.24) is 15.1 Å². The summed E-state index contributed by atoms with van der Waals surface area (Å²) in [5.41, 5.74) is 1.44. The molecule has 0 radical (unpaired) electrons. The molecular formula is C23H32N4OS. The summed E-state index contributed by atoms with van der Waals surface area (Å²) in [6.45, 7) is 9.53. The molecule has 6 heteroatoms. The van der Waals surface area contributed by atoms with Crippen LogP contribution in [0.25, 0.3) is 0 Å². The molecule has 2 unspecified atom stereocenters. The van der Waals surface area contributed by atoms with E-state index >= 15 is 0 Å². The third-order valence-electron chi connectivity index (χ3n) is 5.87. The zero-order chi connectivity index (χ0) is 19.9. The normalized spacial score (nSPS) is 22.0. The van der Waals surface area contributed by atoms with Crippen molar-refractivity contribution in [2.45, 2.75) is 25.3 Å². The minimum Gasteiger partial charge on any atom is -0.379 e. The van der Waals surface area contributed by atoms with E-state index in [4.69, 9.17) is 9.73 Å². The minimum absolute atomic E-state index is 0.333. The van der Waals surface area contributed by atoms with Crippen molar-refractivity contribution in [3.8, 4) is 0 Å². The van der Waals surface area contributed by atoms with E-state index in [0.29, 0.717) is 12.0 Å². The van der Waals surface area contributed by atoms with Gasteiger partial charge < -0.3 is 15.0 Å². The van der Waals surface area contributed by atoms with Crippen LogP contribution >= 0.6 is 11.3 Å². The minimum atomic E-state index is 0.333. The first-order chi connectivity index (χ1) is 14.3. The topological polar surface area (TPSA) is 40.1 Å². The van der Waals surface area contributed by atoms with Crippen LogP contribution < -0.4 is 5.32 Å². The van der Waals surface area contributed by atoms with Crippen LogP contribution in [0.15, 0.2) is 52.8 Å². The number of guanidine groups is 1. The first-order valence-electron chi connectivity index (χ1n) is 10.8. The van der Waals surface area contributed by atoms with E-state index in [1.54, 1.807) is 0 Å². The van der Waals surface area contributed by atoms with Gasteiger partial charge in [0.05, 0.1) is 25.8 Å². The molecule has 156 valence electrons. The second-order valence-corrected chi connectivity index (χ2v) is 8.70. The third kappa shape index (κ3) is 5.18. The summed E-state index contributed by atoms with van der Waals surface area (Å²) in [5, 5.41) is 5.71. The summed E-state index contributed by atoms with van der Waals surface area (Å²) in [4.78, 5) is 11.5. The maximum atomic E-state index is 5.57. The Morgan fingerprint density at radius 3 is 2.72 bits per heavy atom. The second kappa shape index (κ2) is 10.2. The highest BCUT2D eigenvalue weighted by atomic mass is 32.1. The van der Waals surface area contributed by atoms with Crippen LogP contribution in [-0.2, 0) is 4.74 Å². The smallest absolute Gasteiger partial charge is 0.194 e. The quantitative estimate of drug-likeness (QED) is 0.582. The molecule has 2 aliphatic rings. The van der Waals surface area contributed by atoms with Gasteiger partial charge in [-0.15, -0.1) is 11.3 Å². The van der Waals surface area contributed by atoms with Crippen molar-refractivity contribution in [2.75, 3.05) is 52.5 Å². The number of thiophene rings is 1. The molecule has 2 aliphatic heterocycles. The molecule has 2 aromatic rings. The molecule has 1 aromatic heterocycles. The Balaban J connectivity index is 1.47. The lowest BCUT2D eigenvalue weighted by atomic mass is 9.99. The van der Waals surface area contributed by atoms with Gasteiger partial charge >= 0.3 is 0 Å². The molecule has 2 atom stereocenters. The van der Waals surface area contributed by atoms with E-state index < -0.39 is 0 Å². The fourth-order valence-electron chi connectivity index (χ4n) is 4.30. The SMILES string of the molecule is CCNC(=NCC(c1cccs1)N1CCOCC1)N1CCC(c2ccccc2)C1. The Labute approximate surface area is 178 Å². The second-order valence-electron chi connectivity index (χ2n) is 7.72. The molecule has 0 amide bonds. The van der Waals surface area contributed by atoms with Crippen LogP contribution in [0, 0.1) is 0 Å². The Morgan fingerprint density at radius 1 is 1.17 bits per heavy atom. The van der Waals surface area contributed by atoms with Crippen LogP contribution in [0.2, 0.25) is 0 Å². The average Bonchev–Trinajstić information content (AvgIpc) is 3.47. The van der Waals surface area contributed by atoms with Gasteiger partial charge in [-0.25, -0.2) is 0 Å². The van der Waals surface area contributed by atoms with Gasteiger partial charge in [0.25, 0.3) is 0 Å². The Bertz CT molecular complexity index is 758. The molecule has 29 heavy (non-hydrogen) atoms. The summed E-state index contributed by atoms with van der Waals surface area (Å²) >= 11 is 1.83. The van der Waals surface area contributed by atoms with Gasteiger partial charge in [0, 0.05) is 43.5 Å². The Hall–Kier alpha value is -1.89. The molecule has 5 nitrogen and oxygen atoms in total. The number of ether oxygens (including phenoxy) is 1. The number of nitrogens with zero attached hydrogens (tertiary/aromatic N) is 3. The highest BCUT2D eigenvalue weighted by Gasteiger charge is 2.27. The van der Waals surface area contributed by atoms with Crippen LogP contribution in [0.5, 0.6) is 0 Å². The van der Waals surface area contributed by atoms with Crippen molar-refractivity contribution in [1.29, 1.82) is 0 Å². The number of likely N-dealkylation sites (tertiary alicyclic amines) is 1. The molecule has 1 aromatic carbocycles. The van der Waals surface area contributed by atoms with Crippen molar-refractivity contribution in [2.24, 2.45) is 4.99 Å².